The zero-order valence-corrected chi connectivity index (χ0v) is 13.2. The van der Waals surface area contributed by atoms with Crippen LogP contribution >= 0.6 is 11.6 Å². The number of aromatic nitrogens is 4. The lowest BCUT2D eigenvalue weighted by Crippen LogP contribution is -2.44. The van der Waals surface area contributed by atoms with Crippen molar-refractivity contribution >= 4 is 29.1 Å². The summed E-state index contributed by atoms with van der Waals surface area (Å²) in [4.78, 5) is 28.0. The summed E-state index contributed by atoms with van der Waals surface area (Å²) in [5, 5.41) is 11.1. The van der Waals surface area contributed by atoms with Gasteiger partial charge in [0.25, 0.3) is 0 Å². The molecule has 2 aromatic rings. The van der Waals surface area contributed by atoms with Crippen LogP contribution in [-0.2, 0) is 16.1 Å². The van der Waals surface area contributed by atoms with Crippen LogP contribution in [0.5, 0.6) is 0 Å². The summed E-state index contributed by atoms with van der Waals surface area (Å²) in [5.74, 6) is -0.359. The summed E-state index contributed by atoms with van der Waals surface area (Å²) in [7, 11) is 1.62. The van der Waals surface area contributed by atoms with Crippen LogP contribution in [0.15, 0.2) is 30.6 Å². The van der Waals surface area contributed by atoms with Gasteiger partial charge in [-0.3, -0.25) is 9.59 Å². The second-order valence-electron chi connectivity index (χ2n) is 5.26. The second kappa shape index (κ2) is 6.33. The first-order valence-corrected chi connectivity index (χ1v) is 7.48. The number of likely N-dealkylation sites (N-methyl/N-ethyl adjacent to an activating group) is 1. The van der Waals surface area contributed by atoms with E-state index < -0.39 is 6.04 Å². The van der Waals surface area contributed by atoms with E-state index in [2.05, 4.69) is 15.5 Å². The van der Waals surface area contributed by atoms with Crippen molar-refractivity contribution in [1.82, 2.24) is 25.1 Å². The predicted octanol–water partition coefficient (Wildman–Crippen LogP) is 0.590. The molecule has 0 N–H and O–H groups in total. The molecule has 23 heavy (non-hydrogen) atoms. The standard InChI is InChI=1S/C14H15ClN6O2/c1-19(13(22)8-20-9-16-17-18-20)12-6-7-21(14(12)23)11-5-3-2-4-10(11)15/h2-5,9,12H,6-8H2,1H3. The number of rotatable bonds is 4. The molecule has 1 fully saturated rings. The number of hydrogen-bond acceptors (Lipinski definition) is 5. The summed E-state index contributed by atoms with van der Waals surface area (Å²) >= 11 is 6.15. The minimum atomic E-state index is -0.504. The van der Waals surface area contributed by atoms with Gasteiger partial charge in [-0.1, -0.05) is 23.7 Å². The van der Waals surface area contributed by atoms with Crippen LogP contribution in [0.1, 0.15) is 6.42 Å². The van der Waals surface area contributed by atoms with Crippen LogP contribution in [0, 0.1) is 0 Å². The summed E-state index contributed by atoms with van der Waals surface area (Å²) < 4.78 is 1.32. The Bertz CT molecular complexity index is 720. The number of carbonyl (C=O) groups excluding carboxylic acids is 2. The molecule has 1 saturated heterocycles. The largest absolute Gasteiger partial charge is 0.332 e. The van der Waals surface area contributed by atoms with E-state index in [4.69, 9.17) is 11.6 Å². The van der Waals surface area contributed by atoms with Gasteiger partial charge in [0.05, 0.1) is 10.7 Å². The summed E-state index contributed by atoms with van der Waals surface area (Å²) in [6.07, 6.45) is 1.92. The number of tetrazole rings is 1. The Morgan fingerprint density at radius 2 is 2.22 bits per heavy atom. The van der Waals surface area contributed by atoms with Crippen molar-refractivity contribution < 1.29 is 9.59 Å². The highest BCUT2D eigenvalue weighted by Gasteiger charge is 2.37. The number of carbonyl (C=O) groups is 2. The average molecular weight is 335 g/mol. The predicted molar refractivity (Wildman–Crippen MR) is 82.8 cm³/mol. The number of anilines is 1. The third-order valence-electron chi connectivity index (χ3n) is 3.87. The van der Waals surface area contributed by atoms with Crippen molar-refractivity contribution in [2.75, 3.05) is 18.5 Å². The number of hydrogen-bond donors (Lipinski definition) is 0. The molecule has 1 atom stereocenters. The van der Waals surface area contributed by atoms with Gasteiger partial charge < -0.3 is 9.80 Å². The average Bonchev–Trinajstić information content (AvgIpc) is 3.17. The molecule has 2 amide bonds. The fourth-order valence-electron chi connectivity index (χ4n) is 2.61. The molecular weight excluding hydrogens is 320 g/mol. The van der Waals surface area contributed by atoms with Gasteiger partial charge in [0.1, 0.15) is 18.9 Å². The van der Waals surface area contributed by atoms with Crippen LogP contribution < -0.4 is 4.90 Å². The Morgan fingerprint density at radius 1 is 1.43 bits per heavy atom. The second-order valence-corrected chi connectivity index (χ2v) is 5.67. The first-order chi connectivity index (χ1) is 11.1. The van der Waals surface area contributed by atoms with Crippen LogP contribution in [-0.4, -0.2) is 56.6 Å². The lowest BCUT2D eigenvalue weighted by molar-refractivity contribution is -0.137. The maximum absolute atomic E-state index is 12.6. The highest BCUT2D eigenvalue weighted by atomic mass is 35.5. The maximum Gasteiger partial charge on any atom is 0.249 e. The molecule has 1 unspecified atom stereocenters. The van der Waals surface area contributed by atoms with Gasteiger partial charge in [0, 0.05) is 13.6 Å². The quantitative estimate of drug-likeness (QED) is 0.817. The van der Waals surface area contributed by atoms with E-state index in [-0.39, 0.29) is 18.4 Å². The molecule has 8 nitrogen and oxygen atoms in total. The van der Waals surface area contributed by atoms with Crippen LogP contribution in [0.2, 0.25) is 5.02 Å². The zero-order chi connectivity index (χ0) is 16.4. The molecule has 0 spiro atoms. The molecular formula is C14H15ClN6O2. The van der Waals surface area contributed by atoms with Gasteiger partial charge in [-0.15, -0.1) is 5.10 Å². The van der Waals surface area contributed by atoms with Crippen LogP contribution in [0.3, 0.4) is 0 Å². The SMILES string of the molecule is CN(C(=O)Cn1cnnn1)C1CCN(c2ccccc2Cl)C1=O. The third kappa shape index (κ3) is 3.02. The van der Waals surface area contributed by atoms with Gasteiger partial charge in [0.2, 0.25) is 11.8 Å². The Kier molecular flexibility index (Phi) is 4.24. The third-order valence-corrected chi connectivity index (χ3v) is 4.19. The van der Waals surface area contributed by atoms with Crippen LogP contribution in [0.25, 0.3) is 0 Å². The summed E-state index contributed by atoms with van der Waals surface area (Å²) in [5.41, 5.74) is 0.669. The first-order valence-electron chi connectivity index (χ1n) is 7.10. The van der Waals surface area contributed by atoms with Gasteiger partial charge in [0.15, 0.2) is 0 Å². The van der Waals surface area contributed by atoms with Gasteiger partial charge in [-0.2, -0.15) is 0 Å². The van der Waals surface area contributed by atoms with Crippen molar-refractivity contribution in [3.8, 4) is 0 Å². The van der Waals surface area contributed by atoms with E-state index in [0.29, 0.717) is 23.7 Å². The number of amides is 2. The van der Waals surface area contributed by atoms with E-state index in [0.717, 1.165) is 0 Å². The Labute approximate surface area is 137 Å². The monoisotopic (exact) mass is 334 g/mol. The minimum Gasteiger partial charge on any atom is -0.332 e. The fraction of sp³-hybridized carbons (Fsp3) is 0.357. The number of halogens is 1. The molecule has 9 heteroatoms. The summed E-state index contributed by atoms with van der Waals surface area (Å²) in [6, 6.07) is 6.67. The molecule has 3 rings (SSSR count). The van der Waals surface area contributed by atoms with Crippen molar-refractivity contribution in [3.05, 3.63) is 35.6 Å². The molecule has 1 aliphatic rings. The molecule has 1 aliphatic heterocycles. The number of para-hydroxylation sites is 1. The topological polar surface area (TPSA) is 84.2 Å². The normalized spacial score (nSPS) is 17.6. The van der Waals surface area contributed by atoms with Crippen molar-refractivity contribution in [3.63, 3.8) is 0 Å². The Morgan fingerprint density at radius 3 is 2.91 bits per heavy atom. The molecule has 120 valence electrons. The van der Waals surface area contributed by atoms with Crippen molar-refractivity contribution in [2.45, 2.75) is 19.0 Å². The smallest absolute Gasteiger partial charge is 0.249 e. The van der Waals surface area contributed by atoms with Crippen LogP contribution in [0.4, 0.5) is 5.69 Å². The van der Waals surface area contributed by atoms with Gasteiger partial charge in [-0.05, 0) is 29.0 Å². The van der Waals surface area contributed by atoms with E-state index in [1.807, 2.05) is 12.1 Å². The van der Waals surface area contributed by atoms with Gasteiger partial charge >= 0.3 is 0 Å². The fourth-order valence-corrected chi connectivity index (χ4v) is 2.85. The molecule has 2 heterocycles. The molecule has 0 radical (unpaired) electrons. The molecule has 1 aromatic carbocycles. The van der Waals surface area contributed by atoms with E-state index in [1.54, 1.807) is 24.1 Å². The maximum atomic E-state index is 12.6. The summed E-state index contributed by atoms with van der Waals surface area (Å²) in [6.45, 7) is 0.523. The highest BCUT2D eigenvalue weighted by Crippen LogP contribution is 2.30. The number of benzene rings is 1. The van der Waals surface area contributed by atoms with E-state index in [9.17, 15) is 9.59 Å². The van der Waals surface area contributed by atoms with Gasteiger partial charge in [-0.25, -0.2) is 4.68 Å². The molecule has 0 aliphatic carbocycles. The Hall–Kier alpha value is -2.48. The first kappa shape index (κ1) is 15.4. The molecule has 0 saturated carbocycles. The molecule has 1 aromatic heterocycles. The highest BCUT2D eigenvalue weighted by molar-refractivity contribution is 6.34. The zero-order valence-electron chi connectivity index (χ0n) is 12.5. The van der Waals surface area contributed by atoms with Crippen molar-refractivity contribution in [1.29, 1.82) is 0 Å². The minimum absolute atomic E-state index is 0.000622. The number of nitrogens with zero attached hydrogens (tertiary/aromatic N) is 6. The lowest BCUT2D eigenvalue weighted by atomic mass is 10.2. The van der Waals surface area contributed by atoms with E-state index in [1.165, 1.54) is 15.9 Å². The Balaban J connectivity index is 1.71. The van der Waals surface area contributed by atoms with Crippen molar-refractivity contribution in [2.24, 2.45) is 0 Å². The molecule has 0 bridgehead atoms. The lowest BCUT2D eigenvalue weighted by Gasteiger charge is -2.24. The van der Waals surface area contributed by atoms with E-state index >= 15 is 0 Å².